The van der Waals surface area contributed by atoms with E-state index in [-0.39, 0.29) is 18.5 Å². The summed E-state index contributed by atoms with van der Waals surface area (Å²) < 4.78 is 1.64. The predicted octanol–water partition coefficient (Wildman–Crippen LogP) is 2.28. The molecule has 0 unspecified atom stereocenters. The Hall–Kier alpha value is -0.843. The number of nitrogens with zero attached hydrogens (tertiary/aromatic N) is 2. The van der Waals surface area contributed by atoms with Crippen LogP contribution in [0.2, 0.25) is 18.1 Å². The van der Waals surface area contributed by atoms with Gasteiger partial charge in [-0.15, -0.1) is 0 Å². The minimum Gasteiger partial charge on any atom is -0.316 e. The summed E-state index contributed by atoms with van der Waals surface area (Å²) in [4.78, 5) is 25.8. The zero-order chi connectivity index (χ0) is 12.3. The number of carbonyl (C=O) groups excluding carboxylic acids is 2. The lowest BCUT2D eigenvalue weighted by Crippen LogP contribution is -2.55. The quantitative estimate of drug-likeness (QED) is 0.548. The van der Waals surface area contributed by atoms with Gasteiger partial charge in [-0.3, -0.25) is 9.36 Å². The normalized spacial score (nSPS) is 17.5. The highest BCUT2D eigenvalue weighted by molar-refractivity contribution is 6.81. The van der Waals surface area contributed by atoms with Gasteiger partial charge in [-0.05, 0) is 25.1 Å². The van der Waals surface area contributed by atoms with Crippen molar-refractivity contribution in [1.29, 1.82) is 0 Å². The maximum atomic E-state index is 12.1. The van der Waals surface area contributed by atoms with Crippen LogP contribution in [-0.4, -0.2) is 42.7 Å². The van der Waals surface area contributed by atoms with Crippen LogP contribution in [0.5, 0.6) is 0 Å². The van der Waals surface area contributed by atoms with Crippen LogP contribution in [0.1, 0.15) is 27.7 Å². The van der Waals surface area contributed by atoms with E-state index in [0.29, 0.717) is 6.54 Å². The largest absolute Gasteiger partial charge is 0.319 e. The summed E-state index contributed by atoms with van der Waals surface area (Å²) in [5, 5.41) is 0. The lowest BCUT2D eigenvalue weighted by molar-refractivity contribution is -0.122. The Morgan fingerprint density at radius 1 is 1.06 bits per heavy atom. The maximum absolute atomic E-state index is 12.1. The van der Waals surface area contributed by atoms with Crippen LogP contribution >= 0.6 is 0 Å². The average molecular weight is 242 g/mol. The Labute approximate surface area is 98.7 Å². The van der Waals surface area contributed by atoms with Crippen LogP contribution in [0, 0.1) is 0 Å². The van der Waals surface area contributed by atoms with Gasteiger partial charge in [-0.2, -0.15) is 0 Å². The fourth-order valence-electron chi connectivity index (χ4n) is 2.49. The van der Waals surface area contributed by atoms with Crippen molar-refractivity contribution in [2.75, 3.05) is 13.1 Å². The van der Waals surface area contributed by atoms with Crippen LogP contribution < -0.4 is 0 Å². The monoisotopic (exact) mass is 242 g/mol. The first kappa shape index (κ1) is 13.2. The molecule has 1 fully saturated rings. The van der Waals surface area contributed by atoms with Crippen molar-refractivity contribution in [2.24, 2.45) is 0 Å². The third kappa shape index (κ3) is 1.88. The molecule has 16 heavy (non-hydrogen) atoms. The van der Waals surface area contributed by atoms with E-state index in [1.54, 1.807) is 9.47 Å². The van der Waals surface area contributed by atoms with Gasteiger partial charge in [-0.1, -0.05) is 20.8 Å². The first-order chi connectivity index (χ1) is 7.56. The van der Waals surface area contributed by atoms with E-state index in [1.165, 1.54) is 0 Å². The van der Waals surface area contributed by atoms with Gasteiger partial charge >= 0.3 is 6.03 Å². The number of amides is 3. The van der Waals surface area contributed by atoms with Gasteiger partial charge in [0.25, 0.3) is 0 Å². The van der Waals surface area contributed by atoms with Crippen molar-refractivity contribution in [3.8, 4) is 0 Å². The smallest absolute Gasteiger partial charge is 0.316 e. The molecule has 0 N–H and O–H groups in total. The van der Waals surface area contributed by atoms with E-state index in [9.17, 15) is 9.59 Å². The maximum Gasteiger partial charge on any atom is 0.319 e. The molecule has 1 aliphatic heterocycles. The highest BCUT2D eigenvalue weighted by Crippen LogP contribution is 2.29. The molecule has 1 heterocycles. The molecule has 0 aromatic rings. The van der Waals surface area contributed by atoms with Gasteiger partial charge in [-0.25, -0.2) is 4.79 Å². The predicted molar refractivity (Wildman–Crippen MR) is 66.7 cm³/mol. The van der Waals surface area contributed by atoms with Gasteiger partial charge in [0.15, 0.2) is 8.24 Å². The molecule has 1 rings (SSSR count). The standard InChI is InChI=1S/C11H22N2O2Si/c1-5-12-9-10(14)13(11(12)15)16(6-2,7-3)8-4/h5-9H2,1-4H3. The number of rotatable bonds is 5. The SMILES string of the molecule is CCN1CC(=O)N([Si](CC)(CC)CC)C1=O. The molecule has 0 saturated carbocycles. The number of hydrogen-bond donors (Lipinski definition) is 0. The highest BCUT2D eigenvalue weighted by atomic mass is 28.3. The van der Waals surface area contributed by atoms with Crippen LogP contribution in [0.3, 0.4) is 0 Å². The molecule has 1 saturated heterocycles. The molecule has 92 valence electrons. The summed E-state index contributed by atoms with van der Waals surface area (Å²) in [7, 11) is -1.88. The van der Waals surface area contributed by atoms with Crippen LogP contribution in [0.4, 0.5) is 4.79 Å². The molecule has 0 aromatic carbocycles. The Morgan fingerprint density at radius 2 is 1.56 bits per heavy atom. The summed E-state index contributed by atoms with van der Waals surface area (Å²) in [5.41, 5.74) is 0. The summed E-state index contributed by atoms with van der Waals surface area (Å²) in [5.74, 6) is 0.0177. The fourth-order valence-corrected chi connectivity index (χ4v) is 6.08. The molecule has 0 aromatic heterocycles. The van der Waals surface area contributed by atoms with E-state index in [1.807, 2.05) is 6.92 Å². The lowest BCUT2D eigenvalue weighted by Gasteiger charge is -2.35. The molecule has 4 nitrogen and oxygen atoms in total. The van der Waals surface area contributed by atoms with Crippen molar-refractivity contribution in [1.82, 2.24) is 9.47 Å². The second-order valence-corrected chi connectivity index (χ2v) is 9.33. The van der Waals surface area contributed by atoms with E-state index >= 15 is 0 Å². The van der Waals surface area contributed by atoms with Crippen LogP contribution in [-0.2, 0) is 4.79 Å². The Bertz CT molecular complexity index is 281. The minimum absolute atomic E-state index is 0.0177. The van der Waals surface area contributed by atoms with E-state index in [4.69, 9.17) is 0 Å². The second-order valence-electron chi connectivity index (χ2n) is 4.31. The van der Waals surface area contributed by atoms with Gasteiger partial charge in [0.2, 0.25) is 5.91 Å². The first-order valence-electron chi connectivity index (χ1n) is 6.18. The van der Waals surface area contributed by atoms with E-state index in [0.717, 1.165) is 18.1 Å². The van der Waals surface area contributed by atoms with Crippen LogP contribution in [0.15, 0.2) is 0 Å². The number of imide groups is 1. The van der Waals surface area contributed by atoms with Crippen molar-refractivity contribution >= 4 is 20.2 Å². The van der Waals surface area contributed by atoms with Gasteiger partial charge < -0.3 is 4.90 Å². The third-order valence-electron chi connectivity index (χ3n) is 3.87. The number of urea groups is 1. The highest BCUT2D eigenvalue weighted by Gasteiger charge is 2.47. The molecule has 0 atom stereocenters. The zero-order valence-corrected chi connectivity index (χ0v) is 11.7. The third-order valence-corrected chi connectivity index (χ3v) is 9.21. The fraction of sp³-hybridized carbons (Fsp3) is 0.818. The van der Waals surface area contributed by atoms with Gasteiger partial charge in [0.05, 0.1) is 0 Å². The molecule has 0 aliphatic carbocycles. The molecule has 5 heteroatoms. The summed E-state index contributed by atoms with van der Waals surface area (Å²) in [6.07, 6.45) is 0. The molecule has 0 radical (unpaired) electrons. The number of likely N-dealkylation sites (N-methyl/N-ethyl adjacent to an activating group) is 1. The molecule has 3 amide bonds. The topological polar surface area (TPSA) is 40.6 Å². The Morgan fingerprint density at radius 3 is 1.88 bits per heavy atom. The van der Waals surface area contributed by atoms with E-state index < -0.39 is 8.24 Å². The lowest BCUT2D eigenvalue weighted by atomic mass is 10.6. The number of hydrogen-bond acceptors (Lipinski definition) is 2. The first-order valence-corrected chi connectivity index (χ1v) is 8.75. The Kier molecular flexibility index (Phi) is 4.13. The van der Waals surface area contributed by atoms with Gasteiger partial charge in [0, 0.05) is 6.54 Å². The minimum atomic E-state index is -1.88. The number of carbonyl (C=O) groups is 2. The van der Waals surface area contributed by atoms with E-state index in [2.05, 4.69) is 20.8 Å². The average Bonchev–Trinajstić information content (AvgIpc) is 2.59. The summed E-state index contributed by atoms with van der Waals surface area (Å²) in [6, 6.07) is 2.85. The van der Waals surface area contributed by atoms with Crippen molar-refractivity contribution < 1.29 is 9.59 Å². The van der Waals surface area contributed by atoms with Crippen LogP contribution in [0.25, 0.3) is 0 Å². The van der Waals surface area contributed by atoms with Gasteiger partial charge in [0.1, 0.15) is 6.54 Å². The van der Waals surface area contributed by atoms with Crippen molar-refractivity contribution in [3.05, 3.63) is 0 Å². The molecular weight excluding hydrogens is 220 g/mol. The Balaban J connectivity index is 3.02. The van der Waals surface area contributed by atoms with Crippen molar-refractivity contribution in [2.45, 2.75) is 45.8 Å². The summed E-state index contributed by atoms with van der Waals surface area (Å²) in [6.45, 7) is 9.14. The zero-order valence-electron chi connectivity index (χ0n) is 10.7. The molecule has 0 spiro atoms. The molecule has 1 aliphatic rings. The second kappa shape index (κ2) is 4.99. The summed E-state index contributed by atoms with van der Waals surface area (Å²) >= 11 is 0. The van der Waals surface area contributed by atoms with Crippen molar-refractivity contribution in [3.63, 3.8) is 0 Å². The molecule has 0 bridgehead atoms. The molecular formula is C11H22N2O2Si.